The van der Waals surface area contributed by atoms with Gasteiger partial charge in [0.2, 0.25) is 0 Å². The van der Waals surface area contributed by atoms with Gasteiger partial charge < -0.3 is 44.8 Å². The molecule has 0 aliphatic carbocycles. The largest absolute Gasteiger partial charge is 1.00 e. The molecule has 0 radical (unpaired) electrons. The van der Waals surface area contributed by atoms with Crippen LogP contribution in [0.2, 0.25) is 0 Å². The average Bonchev–Trinajstić information content (AvgIpc) is 3.00. The summed E-state index contributed by atoms with van der Waals surface area (Å²) in [7, 11) is 1.61. The van der Waals surface area contributed by atoms with Gasteiger partial charge in [0.25, 0.3) is 0 Å². The van der Waals surface area contributed by atoms with Gasteiger partial charge in [-0.25, -0.2) is 4.79 Å². The van der Waals surface area contributed by atoms with Gasteiger partial charge in [-0.1, -0.05) is 0 Å². The van der Waals surface area contributed by atoms with E-state index in [1.807, 2.05) is 24.3 Å². The minimum Gasteiger partial charge on any atom is -0.870 e. The van der Waals surface area contributed by atoms with Gasteiger partial charge in [0.05, 0.1) is 30.2 Å². The molecule has 0 saturated carbocycles. The van der Waals surface area contributed by atoms with Crippen LogP contribution in [0.5, 0.6) is 34.5 Å². The van der Waals surface area contributed by atoms with Crippen molar-refractivity contribution in [2.75, 3.05) is 26.9 Å². The Morgan fingerprint density at radius 2 is 1.50 bits per heavy atom. The maximum Gasteiger partial charge on any atom is 1.00 e. The SMILES string of the molecule is COc1ccc2c(c1)C=C(C#N)CO2.O=C(O)C1=Cc2cc(O)ccc2OC1.O=C(O)C1COc2ccc(O)cc2C1.[HH].[Na+].[OH-]. The number of carboxylic acid groups (broad SMARTS) is 2. The standard InChI is InChI=1S/C11H9NO2.C10H10O4.C10H8O4.Na.H2O.H2/c1-13-10-2-3-11-9(5-10)4-8(6-12)7-14-11;2*11-8-1-2-9-6(4-8)3-7(5-14-9)10(12)13;;;/h2-5H,7H2,1H3;1-2,4,7,11H,3,5H2,(H,12,13);1-4,11H,5H2,(H,12,13);;1H2;1H/q;;;+1;;/p-1. The maximum absolute atomic E-state index is 10.7. The van der Waals surface area contributed by atoms with E-state index in [9.17, 15) is 19.8 Å². The number of carboxylic acids is 2. The van der Waals surface area contributed by atoms with Crippen LogP contribution < -0.4 is 48.5 Å². The van der Waals surface area contributed by atoms with Gasteiger partial charge in [0, 0.05) is 12.6 Å². The maximum atomic E-state index is 10.7. The van der Waals surface area contributed by atoms with Crippen molar-refractivity contribution in [1.82, 2.24) is 0 Å². The van der Waals surface area contributed by atoms with Gasteiger partial charge in [-0.3, -0.25) is 4.79 Å². The predicted octanol–water partition coefficient (Wildman–Crippen LogP) is 1.35. The van der Waals surface area contributed by atoms with E-state index in [4.69, 9.17) is 34.4 Å². The molecule has 0 bridgehead atoms. The molecular formula is C31H30NNaO11. The van der Waals surface area contributed by atoms with Gasteiger partial charge >= 0.3 is 41.5 Å². The third-order valence-corrected chi connectivity index (χ3v) is 6.35. The fraction of sp³-hybridized carbons (Fsp3) is 0.194. The number of carbonyl (C=O) groups is 2. The average molecular weight is 616 g/mol. The van der Waals surface area contributed by atoms with Crippen LogP contribution in [0.1, 0.15) is 18.1 Å². The second-order valence-electron chi connectivity index (χ2n) is 9.30. The van der Waals surface area contributed by atoms with Crippen LogP contribution in [0, 0.1) is 17.2 Å². The first-order valence-electron chi connectivity index (χ1n) is 12.7. The van der Waals surface area contributed by atoms with Gasteiger partial charge in [-0.05, 0) is 78.7 Å². The number of phenols is 2. The molecule has 0 fully saturated rings. The molecule has 0 aromatic heterocycles. The van der Waals surface area contributed by atoms with Crippen LogP contribution in [0.25, 0.3) is 12.2 Å². The Bertz CT molecular complexity index is 1620. The second-order valence-corrected chi connectivity index (χ2v) is 9.30. The van der Waals surface area contributed by atoms with Gasteiger partial charge in [0.15, 0.2) is 0 Å². The molecule has 1 unspecified atom stereocenters. The van der Waals surface area contributed by atoms with Crippen LogP contribution in [0.4, 0.5) is 0 Å². The van der Waals surface area contributed by atoms with E-state index in [2.05, 4.69) is 6.07 Å². The Labute approximate surface area is 276 Å². The molecule has 12 nitrogen and oxygen atoms in total. The molecule has 3 aliphatic rings. The van der Waals surface area contributed by atoms with Crippen LogP contribution in [0.3, 0.4) is 0 Å². The van der Waals surface area contributed by atoms with E-state index >= 15 is 0 Å². The monoisotopic (exact) mass is 615 g/mol. The van der Waals surface area contributed by atoms with E-state index in [1.165, 1.54) is 24.3 Å². The Morgan fingerprint density at radius 3 is 2.14 bits per heavy atom. The summed E-state index contributed by atoms with van der Waals surface area (Å²) in [5.41, 5.74) is 3.05. The Balaban J connectivity index is 0.000000327. The van der Waals surface area contributed by atoms with Crippen molar-refractivity contribution < 1.29 is 85.4 Å². The number of phenolic OH excluding ortho intramolecular Hbond substituents is 2. The smallest absolute Gasteiger partial charge is 0.870 e. The minimum absolute atomic E-state index is 0. The van der Waals surface area contributed by atoms with Crippen molar-refractivity contribution in [3.63, 3.8) is 0 Å². The number of benzene rings is 3. The fourth-order valence-corrected chi connectivity index (χ4v) is 4.18. The fourth-order valence-electron chi connectivity index (χ4n) is 4.18. The summed E-state index contributed by atoms with van der Waals surface area (Å²) in [4.78, 5) is 21.3. The number of ether oxygens (including phenoxy) is 4. The van der Waals surface area contributed by atoms with Crippen molar-refractivity contribution in [1.29, 1.82) is 5.26 Å². The summed E-state index contributed by atoms with van der Waals surface area (Å²) < 4.78 is 20.9. The quantitative estimate of drug-likeness (QED) is 0.308. The molecule has 6 rings (SSSR count). The van der Waals surface area contributed by atoms with E-state index in [0.29, 0.717) is 35.7 Å². The predicted molar refractivity (Wildman–Crippen MR) is 154 cm³/mol. The molecule has 3 aromatic carbocycles. The van der Waals surface area contributed by atoms with Gasteiger partial charge in [0.1, 0.15) is 54.3 Å². The molecule has 5 N–H and O–H groups in total. The van der Waals surface area contributed by atoms with E-state index in [0.717, 1.165) is 22.6 Å². The van der Waals surface area contributed by atoms with E-state index < -0.39 is 17.9 Å². The molecule has 0 spiro atoms. The number of aromatic hydroxyl groups is 2. The van der Waals surface area contributed by atoms with E-state index in [1.54, 1.807) is 25.3 Å². The minimum atomic E-state index is -1.00. The number of hydrogen-bond acceptors (Lipinski definition) is 10. The summed E-state index contributed by atoms with van der Waals surface area (Å²) in [5.74, 6) is 0.677. The van der Waals surface area contributed by atoms with Crippen molar-refractivity contribution in [3.8, 4) is 40.6 Å². The van der Waals surface area contributed by atoms with Gasteiger partial charge in [-0.2, -0.15) is 5.26 Å². The van der Waals surface area contributed by atoms with Crippen molar-refractivity contribution in [2.45, 2.75) is 6.42 Å². The number of rotatable bonds is 3. The van der Waals surface area contributed by atoms with Crippen LogP contribution in [-0.4, -0.2) is 64.8 Å². The summed E-state index contributed by atoms with van der Waals surface area (Å²) in [5, 5.41) is 44.6. The molecule has 3 aromatic rings. The number of methoxy groups -OCH3 is 1. The molecule has 1 atom stereocenters. The van der Waals surface area contributed by atoms with Crippen LogP contribution in [0.15, 0.2) is 65.7 Å². The first kappa shape index (κ1) is 35.5. The molecule has 0 saturated heterocycles. The van der Waals surface area contributed by atoms with Crippen molar-refractivity contribution in [2.24, 2.45) is 5.92 Å². The number of hydrogen-bond donors (Lipinski definition) is 4. The van der Waals surface area contributed by atoms with Crippen LogP contribution in [-0.2, 0) is 16.0 Å². The topological polar surface area (TPSA) is 206 Å². The molecular weight excluding hydrogens is 585 g/mol. The Morgan fingerprint density at radius 1 is 0.886 bits per heavy atom. The first-order valence-corrected chi connectivity index (χ1v) is 12.7. The molecule has 226 valence electrons. The summed E-state index contributed by atoms with van der Waals surface area (Å²) >= 11 is 0. The molecule has 3 aliphatic heterocycles. The number of aliphatic carboxylic acids is 2. The number of nitriles is 1. The van der Waals surface area contributed by atoms with Gasteiger partial charge in [-0.15, -0.1) is 0 Å². The normalized spacial score (nSPS) is 14.9. The third-order valence-electron chi connectivity index (χ3n) is 6.35. The zero-order valence-corrected chi connectivity index (χ0v) is 25.9. The number of nitrogens with zero attached hydrogens (tertiary/aromatic N) is 1. The summed E-state index contributed by atoms with van der Waals surface area (Å²) in [6.45, 7) is 0.621. The zero-order chi connectivity index (χ0) is 30.2. The molecule has 44 heavy (non-hydrogen) atoms. The Hall–Kier alpha value is -4.67. The molecule has 0 amide bonds. The first-order chi connectivity index (χ1) is 20.2. The van der Waals surface area contributed by atoms with Crippen molar-refractivity contribution >= 4 is 24.1 Å². The zero-order valence-electron chi connectivity index (χ0n) is 23.9. The third kappa shape index (κ3) is 9.16. The van der Waals surface area contributed by atoms with Crippen LogP contribution >= 0.6 is 0 Å². The summed E-state index contributed by atoms with van der Waals surface area (Å²) in [6, 6.07) is 16.9. The molecule has 3 heterocycles. The second kappa shape index (κ2) is 16.3. The van der Waals surface area contributed by atoms with Crippen molar-refractivity contribution in [3.05, 3.63) is 82.4 Å². The van der Waals surface area contributed by atoms with E-state index in [-0.39, 0.29) is 66.7 Å². The Kier molecular flexibility index (Phi) is 13.1. The number of fused-ring (bicyclic) bond motifs is 3. The molecule has 13 heteroatoms. The summed E-state index contributed by atoms with van der Waals surface area (Å²) in [6.07, 6.45) is 3.74.